The van der Waals surface area contributed by atoms with Gasteiger partial charge in [0, 0.05) is 19.2 Å². The van der Waals surface area contributed by atoms with Gasteiger partial charge in [-0.3, -0.25) is 9.59 Å². The van der Waals surface area contributed by atoms with Gasteiger partial charge in [0.15, 0.2) is 12.0 Å². The van der Waals surface area contributed by atoms with Crippen LogP contribution in [0.1, 0.15) is 6.42 Å². The molecule has 132 valence electrons. The highest BCUT2D eigenvalue weighted by molar-refractivity contribution is 6.42. The molecule has 0 aliphatic carbocycles. The summed E-state index contributed by atoms with van der Waals surface area (Å²) in [5, 5.41) is 9.43. The van der Waals surface area contributed by atoms with Crippen LogP contribution >= 0.6 is 23.2 Å². The number of hydrogen-bond acceptors (Lipinski definition) is 3. The van der Waals surface area contributed by atoms with Gasteiger partial charge in [0.1, 0.15) is 5.75 Å². The molecule has 1 aromatic carbocycles. The molecule has 0 radical (unpaired) electrons. The second-order valence-electron chi connectivity index (χ2n) is 5.31. The van der Waals surface area contributed by atoms with Crippen LogP contribution in [0.15, 0.2) is 18.2 Å². The average Bonchev–Trinajstić information content (AvgIpc) is 2.94. The van der Waals surface area contributed by atoms with Crippen LogP contribution < -0.4 is 4.74 Å². The van der Waals surface area contributed by atoms with Gasteiger partial charge >= 0.3 is 12.1 Å². The lowest BCUT2D eigenvalue weighted by molar-refractivity contribution is -0.227. The Kier molecular flexibility index (Phi) is 5.19. The van der Waals surface area contributed by atoms with Crippen molar-refractivity contribution in [1.82, 2.24) is 4.90 Å². The highest BCUT2D eigenvalue weighted by Gasteiger charge is 2.64. The van der Waals surface area contributed by atoms with Crippen molar-refractivity contribution in [1.29, 1.82) is 0 Å². The van der Waals surface area contributed by atoms with E-state index in [1.807, 2.05) is 0 Å². The first-order valence-corrected chi connectivity index (χ1v) is 7.48. The number of carboxylic acids is 1. The van der Waals surface area contributed by atoms with E-state index in [4.69, 9.17) is 33.0 Å². The molecule has 2 rings (SSSR count). The number of aliphatic carboxylic acids is 1. The molecule has 1 N–H and O–H groups in total. The molecule has 0 saturated carbocycles. The Morgan fingerprint density at radius 3 is 2.46 bits per heavy atom. The summed E-state index contributed by atoms with van der Waals surface area (Å²) in [6, 6.07) is 4.25. The van der Waals surface area contributed by atoms with Gasteiger partial charge in [0.05, 0.1) is 10.0 Å². The lowest BCUT2D eigenvalue weighted by Crippen LogP contribution is -2.48. The van der Waals surface area contributed by atoms with E-state index >= 15 is 0 Å². The molecule has 1 fully saturated rings. The monoisotopic (exact) mass is 385 g/mol. The molecular formula is C14H12Cl2F3NO4. The van der Waals surface area contributed by atoms with Gasteiger partial charge in [-0.1, -0.05) is 23.2 Å². The Morgan fingerprint density at radius 1 is 1.29 bits per heavy atom. The average molecular weight is 386 g/mol. The zero-order valence-electron chi connectivity index (χ0n) is 12.1. The molecule has 1 aromatic rings. The van der Waals surface area contributed by atoms with E-state index in [1.165, 1.54) is 18.2 Å². The lowest BCUT2D eigenvalue weighted by atomic mass is 9.86. The van der Waals surface area contributed by atoms with E-state index in [0.717, 1.165) is 4.90 Å². The predicted molar refractivity (Wildman–Crippen MR) is 79.3 cm³/mol. The Morgan fingerprint density at radius 2 is 1.96 bits per heavy atom. The molecular weight excluding hydrogens is 374 g/mol. The van der Waals surface area contributed by atoms with Crippen molar-refractivity contribution in [2.24, 2.45) is 5.41 Å². The molecule has 0 spiro atoms. The Hall–Kier alpha value is -1.67. The fourth-order valence-corrected chi connectivity index (χ4v) is 2.64. The summed E-state index contributed by atoms with van der Waals surface area (Å²) >= 11 is 11.5. The highest BCUT2D eigenvalue weighted by atomic mass is 35.5. The number of ether oxygens (including phenoxy) is 1. The normalized spacial score (nSPS) is 21.0. The van der Waals surface area contributed by atoms with Gasteiger partial charge in [-0.2, -0.15) is 13.2 Å². The summed E-state index contributed by atoms with van der Waals surface area (Å²) in [7, 11) is 0. The molecule has 10 heteroatoms. The van der Waals surface area contributed by atoms with Crippen LogP contribution in [0, 0.1) is 5.41 Å². The third-order valence-electron chi connectivity index (χ3n) is 3.83. The molecule has 24 heavy (non-hydrogen) atoms. The first kappa shape index (κ1) is 18.7. The molecule has 5 nitrogen and oxygen atoms in total. The van der Waals surface area contributed by atoms with Gasteiger partial charge in [-0.25, -0.2) is 0 Å². The maximum atomic E-state index is 13.1. The minimum Gasteiger partial charge on any atom is -0.484 e. The minimum absolute atomic E-state index is 0.199. The number of rotatable bonds is 4. The number of halogens is 5. The third-order valence-corrected chi connectivity index (χ3v) is 4.57. The highest BCUT2D eigenvalue weighted by Crippen LogP contribution is 2.45. The van der Waals surface area contributed by atoms with Crippen LogP contribution in [0.5, 0.6) is 5.75 Å². The second kappa shape index (κ2) is 6.68. The summed E-state index contributed by atoms with van der Waals surface area (Å²) in [6.07, 6.45) is -5.64. The van der Waals surface area contributed by atoms with E-state index in [9.17, 15) is 22.8 Å². The van der Waals surface area contributed by atoms with E-state index < -0.39 is 43.0 Å². The van der Waals surface area contributed by atoms with Crippen molar-refractivity contribution in [3.63, 3.8) is 0 Å². The molecule has 1 aliphatic rings. The largest absolute Gasteiger partial charge is 0.484 e. The molecule has 1 unspecified atom stereocenters. The maximum absolute atomic E-state index is 13.1. The minimum atomic E-state index is -4.95. The Bertz CT molecular complexity index is 668. The first-order valence-electron chi connectivity index (χ1n) is 6.72. The number of likely N-dealkylation sites (tertiary alicyclic amines) is 1. The van der Waals surface area contributed by atoms with Crippen molar-refractivity contribution in [3.05, 3.63) is 28.2 Å². The summed E-state index contributed by atoms with van der Waals surface area (Å²) in [4.78, 5) is 23.9. The number of nitrogens with zero attached hydrogens (tertiary/aromatic N) is 1. The van der Waals surface area contributed by atoms with Gasteiger partial charge in [0.25, 0.3) is 5.91 Å². The Labute approximate surface area is 144 Å². The quantitative estimate of drug-likeness (QED) is 0.863. The van der Waals surface area contributed by atoms with Crippen LogP contribution in [-0.2, 0) is 9.59 Å². The van der Waals surface area contributed by atoms with Gasteiger partial charge in [0.2, 0.25) is 0 Å². The van der Waals surface area contributed by atoms with Crippen LogP contribution in [0.3, 0.4) is 0 Å². The molecule has 0 aromatic heterocycles. The summed E-state index contributed by atoms with van der Waals surface area (Å²) in [5.74, 6) is -2.51. The Balaban J connectivity index is 2.01. The number of hydrogen-bond donors (Lipinski definition) is 1. The number of amides is 1. The number of carboxylic acid groups (broad SMARTS) is 1. The van der Waals surface area contributed by atoms with Crippen LogP contribution in [0.4, 0.5) is 13.2 Å². The number of alkyl halides is 3. The van der Waals surface area contributed by atoms with Crippen molar-refractivity contribution < 1.29 is 32.6 Å². The lowest BCUT2D eigenvalue weighted by Gasteiger charge is -2.27. The molecule has 1 amide bonds. The molecule has 0 bridgehead atoms. The van der Waals surface area contributed by atoms with Crippen molar-refractivity contribution in [3.8, 4) is 5.75 Å². The van der Waals surface area contributed by atoms with Gasteiger partial charge < -0.3 is 14.7 Å². The molecule has 1 saturated heterocycles. The number of benzene rings is 1. The molecule has 1 heterocycles. The fourth-order valence-electron chi connectivity index (χ4n) is 2.35. The maximum Gasteiger partial charge on any atom is 0.406 e. The summed E-state index contributed by atoms with van der Waals surface area (Å²) < 4.78 is 44.3. The third kappa shape index (κ3) is 3.54. The van der Waals surface area contributed by atoms with Crippen molar-refractivity contribution in [2.75, 3.05) is 19.7 Å². The zero-order valence-corrected chi connectivity index (χ0v) is 13.6. The predicted octanol–water partition coefficient (Wildman–Crippen LogP) is 3.24. The summed E-state index contributed by atoms with van der Waals surface area (Å²) in [6.45, 7) is -1.78. The van der Waals surface area contributed by atoms with E-state index in [-0.39, 0.29) is 22.3 Å². The molecule has 1 aliphatic heterocycles. The van der Waals surface area contributed by atoms with Gasteiger partial charge in [-0.15, -0.1) is 0 Å². The number of carbonyl (C=O) groups is 2. The van der Waals surface area contributed by atoms with E-state index in [0.29, 0.717) is 0 Å². The number of carbonyl (C=O) groups excluding carboxylic acids is 1. The molecule has 1 atom stereocenters. The SMILES string of the molecule is O=C(COc1ccc(Cl)c(Cl)c1)N1CCC(C(=O)O)(C(F)(F)F)C1. The first-order chi connectivity index (χ1) is 11.1. The fraction of sp³-hybridized carbons (Fsp3) is 0.429. The standard InChI is InChI=1S/C14H12Cl2F3NO4/c15-9-2-1-8(5-10(9)16)24-6-11(21)20-4-3-13(7-20,12(22)23)14(17,18)19/h1-2,5H,3-4,6-7H2,(H,22,23). The summed E-state index contributed by atoms with van der Waals surface area (Å²) in [5.41, 5.74) is -2.94. The van der Waals surface area contributed by atoms with Crippen LogP contribution in [-0.4, -0.2) is 47.8 Å². The zero-order chi connectivity index (χ0) is 18.1. The van der Waals surface area contributed by atoms with E-state index in [1.54, 1.807) is 0 Å². The van der Waals surface area contributed by atoms with Crippen LogP contribution in [0.2, 0.25) is 10.0 Å². The smallest absolute Gasteiger partial charge is 0.406 e. The van der Waals surface area contributed by atoms with Crippen molar-refractivity contribution in [2.45, 2.75) is 12.6 Å². The van der Waals surface area contributed by atoms with Crippen molar-refractivity contribution >= 4 is 35.1 Å². The van der Waals surface area contributed by atoms with Gasteiger partial charge in [-0.05, 0) is 18.6 Å². The van der Waals surface area contributed by atoms with Crippen LogP contribution in [0.25, 0.3) is 0 Å². The second-order valence-corrected chi connectivity index (χ2v) is 6.13. The van der Waals surface area contributed by atoms with E-state index in [2.05, 4.69) is 0 Å². The topological polar surface area (TPSA) is 66.8 Å².